The van der Waals surface area contributed by atoms with E-state index in [-0.39, 0.29) is 48.8 Å². The van der Waals surface area contributed by atoms with E-state index in [4.69, 9.17) is 0 Å². The maximum Gasteiger partial charge on any atom is 0.165 e. The minimum Gasteiger partial charge on any atom is -0.393 e. The summed E-state index contributed by atoms with van der Waals surface area (Å²) in [6.07, 6.45) is 5.77. The van der Waals surface area contributed by atoms with Gasteiger partial charge in [-0.1, -0.05) is 189 Å². The SMILES string of the molecule is CC(C)CC(O)CC(=O)c1ccccc1.CC(C)CC(O)CC(=O)c1ccccc1.CCCCC(O)CC(=O)c1ccccc1.CCCCC(O)CC(=O)c1ccccc1. The average Bonchev–Trinajstić information content (AvgIpc) is 3.23. The smallest absolute Gasteiger partial charge is 0.165 e. The minimum atomic E-state index is -0.516. The van der Waals surface area contributed by atoms with Crippen molar-refractivity contribution >= 4 is 23.1 Å². The molecular weight excluding hydrogens is 753 g/mol. The highest BCUT2D eigenvalue weighted by molar-refractivity contribution is 5.97. The monoisotopic (exact) mass is 825 g/mol. The van der Waals surface area contributed by atoms with Crippen molar-refractivity contribution in [1.82, 2.24) is 0 Å². The molecule has 0 fully saturated rings. The summed E-state index contributed by atoms with van der Waals surface area (Å²) in [6, 6.07) is 36.5. The fourth-order valence-electron chi connectivity index (χ4n) is 6.16. The first-order valence-electron chi connectivity index (χ1n) is 21.7. The van der Waals surface area contributed by atoms with Gasteiger partial charge in [0.2, 0.25) is 0 Å². The quantitative estimate of drug-likeness (QED) is 0.0572. The Morgan fingerprint density at radius 1 is 0.383 bits per heavy atom. The van der Waals surface area contributed by atoms with Crippen LogP contribution < -0.4 is 0 Å². The summed E-state index contributed by atoms with van der Waals surface area (Å²) in [5.74, 6) is 0.929. The van der Waals surface area contributed by atoms with Crippen molar-refractivity contribution in [1.29, 1.82) is 0 Å². The summed E-state index contributed by atoms with van der Waals surface area (Å²) >= 11 is 0. The Bertz CT molecular complexity index is 1580. The molecule has 0 aliphatic heterocycles. The molecule has 8 heteroatoms. The van der Waals surface area contributed by atoms with E-state index in [0.29, 0.717) is 46.9 Å². The topological polar surface area (TPSA) is 149 Å². The van der Waals surface area contributed by atoms with Crippen LogP contribution in [0, 0.1) is 11.8 Å². The van der Waals surface area contributed by atoms with Crippen molar-refractivity contribution in [2.75, 3.05) is 0 Å². The highest BCUT2D eigenvalue weighted by Gasteiger charge is 2.15. The first kappa shape index (κ1) is 53.4. The van der Waals surface area contributed by atoms with Crippen LogP contribution in [0.25, 0.3) is 0 Å². The second-order valence-corrected chi connectivity index (χ2v) is 16.1. The first-order chi connectivity index (χ1) is 28.7. The number of benzene rings is 4. The Kier molecular flexibility index (Phi) is 28.7. The van der Waals surface area contributed by atoms with Gasteiger partial charge in [0.15, 0.2) is 23.1 Å². The summed E-state index contributed by atoms with van der Waals surface area (Å²) in [4.78, 5) is 46.7. The predicted octanol–water partition coefficient (Wildman–Crippen LogP) is 11.0. The van der Waals surface area contributed by atoms with E-state index in [0.717, 1.165) is 38.5 Å². The van der Waals surface area contributed by atoms with Gasteiger partial charge < -0.3 is 20.4 Å². The van der Waals surface area contributed by atoms with Crippen molar-refractivity contribution in [3.05, 3.63) is 144 Å². The van der Waals surface area contributed by atoms with Crippen LogP contribution in [0.2, 0.25) is 0 Å². The number of aliphatic hydroxyl groups excluding tert-OH is 4. The highest BCUT2D eigenvalue weighted by Crippen LogP contribution is 2.14. The van der Waals surface area contributed by atoms with Crippen LogP contribution in [-0.4, -0.2) is 68.0 Å². The molecule has 0 aromatic heterocycles. The third-order valence-corrected chi connectivity index (χ3v) is 9.34. The van der Waals surface area contributed by atoms with E-state index in [9.17, 15) is 39.6 Å². The molecule has 0 saturated carbocycles. The minimum absolute atomic E-state index is 0.0174. The Balaban J connectivity index is 0.000000400. The summed E-state index contributed by atoms with van der Waals surface area (Å²) in [5.41, 5.74) is 2.74. The molecule has 8 nitrogen and oxygen atoms in total. The summed E-state index contributed by atoms with van der Waals surface area (Å²) in [7, 11) is 0. The van der Waals surface area contributed by atoms with Gasteiger partial charge in [-0.3, -0.25) is 19.2 Å². The predicted molar refractivity (Wildman–Crippen MR) is 244 cm³/mol. The lowest BCUT2D eigenvalue weighted by Crippen LogP contribution is -2.15. The van der Waals surface area contributed by atoms with Gasteiger partial charge in [-0.15, -0.1) is 0 Å². The third kappa shape index (κ3) is 25.8. The molecule has 4 aromatic carbocycles. The molecule has 0 amide bonds. The lowest BCUT2D eigenvalue weighted by Gasteiger charge is -2.11. The van der Waals surface area contributed by atoms with Crippen LogP contribution in [0.5, 0.6) is 0 Å². The van der Waals surface area contributed by atoms with Gasteiger partial charge >= 0.3 is 0 Å². The molecule has 0 radical (unpaired) electrons. The van der Waals surface area contributed by atoms with Crippen LogP contribution in [0.3, 0.4) is 0 Å². The molecule has 0 bridgehead atoms. The van der Waals surface area contributed by atoms with E-state index >= 15 is 0 Å². The van der Waals surface area contributed by atoms with Crippen LogP contribution in [0.1, 0.15) is 160 Å². The molecule has 0 heterocycles. The van der Waals surface area contributed by atoms with Crippen molar-refractivity contribution in [3.63, 3.8) is 0 Å². The number of hydrogen-bond acceptors (Lipinski definition) is 8. The van der Waals surface area contributed by atoms with Gasteiger partial charge in [0, 0.05) is 47.9 Å². The lowest BCUT2D eigenvalue weighted by molar-refractivity contribution is 0.0835. The van der Waals surface area contributed by atoms with Gasteiger partial charge in [-0.05, 0) is 37.5 Å². The Morgan fingerprint density at radius 3 is 0.800 bits per heavy atom. The van der Waals surface area contributed by atoms with Gasteiger partial charge in [0.25, 0.3) is 0 Å². The second kappa shape index (κ2) is 32.2. The van der Waals surface area contributed by atoms with Crippen molar-refractivity contribution in [3.8, 4) is 0 Å². The number of ketones is 4. The first-order valence-corrected chi connectivity index (χ1v) is 21.7. The van der Waals surface area contributed by atoms with Gasteiger partial charge in [-0.2, -0.15) is 0 Å². The van der Waals surface area contributed by atoms with Gasteiger partial charge in [0.05, 0.1) is 24.4 Å². The van der Waals surface area contributed by atoms with E-state index < -0.39 is 24.4 Å². The Hall–Kier alpha value is -4.60. The van der Waals surface area contributed by atoms with Crippen LogP contribution >= 0.6 is 0 Å². The number of carbonyl (C=O) groups excluding carboxylic acids is 4. The van der Waals surface area contributed by atoms with Crippen molar-refractivity contribution in [2.45, 2.75) is 143 Å². The lowest BCUT2D eigenvalue weighted by atomic mass is 9.99. The summed E-state index contributed by atoms with van der Waals surface area (Å²) < 4.78 is 0. The summed E-state index contributed by atoms with van der Waals surface area (Å²) in [6.45, 7) is 12.3. The molecule has 0 spiro atoms. The molecule has 4 rings (SSSR count). The maximum atomic E-state index is 11.7. The molecule has 0 aliphatic rings. The van der Waals surface area contributed by atoms with Gasteiger partial charge in [-0.25, -0.2) is 0 Å². The largest absolute Gasteiger partial charge is 0.393 e. The molecule has 0 aliphatic carbocycles. The fraction of sp³-hybridized carbons (Fsp3) is 0.462. The maximum absolute atomic E-state index is 11.7. The number of rotatable bonds is 22. The number of Topliss-reactive ketones (excluding diaryl/α,β-unsaturated/α-hetero) is 4. The van der Waals surface area contributed by atoms with E-state index in [1.807, 2.05) is 100 Å². The van der Waals surface area contributed by atoms with Crippen LogP contribution in [0.15, 0.2) is 121 Å². The Labute approximate surface area is 360 Å². The van der Waals surface area contributed by atoms with E-state index in [1.54, 1.807) is 48.5 Å². The molecule has 4 N–H and O–H groups in total. The van der Waals surface area contributed by atoms with Crippen LogP contribution in [0.4, 0.5) is 0 Å². The highest BCUT2D eigenvalue weighted by atomic mass is 16.3. The van der Waals surface area contributed by atoms with E-state index in [1.165, 1.54) is 0 Å². The second-order valence-electron chi connectivity index (χ2n) is 16.1. The van der Waals surface area contributed by atoms with Crippen molar-refractivity contribution < 1.29 is 39.6 Å². The molecule has 328 valence electrons. The molecule has 4 atom stereocenters. The van der Waals surface area contributed by atoms with Gasteiger partial charge in [0.1, 0.15) is 0 Å². The zero-order valence-electron chi connectivity index (χ0n) is 36.9. The third-order valence-electron chi connectivity index (χ3n) is 9.34. The zero-order chi connectivity index (χ0) is 44.7. The number of hydrogen-bond donors (Lipinski definition) is 4. The summed E-state index contributed by atoms with van der Waals surface area (Å²) in [5, 5.41) is 38.4. The normalized spacial score (nSPS) is 12.6. The molecule has 4 unspecified atom stereocenters. The molecule has 0 saturated heterocycles. The number of unbranched alkanes of at least 4 members (excludes halogenated alkanes) is 2. The fourth-order valence-corrected chi connectivity index (χ4v) is 6.16. The van der Waals surface area contributed by atoms with Crippen molar-refractivity contribution in [2.24, 2.45) is 11.8 Å². The number of aliphatic hydroxyl groups is 4. The molecular formula is C52H72O8. The van der Waals surface area contributed by atoms with Crippen LogP contribution in [-0.2, 0) is 0 Å². The average molecular weight is 825 g/mol. The van der Waals surface area contributed by atoms with E-state index in [2.05, 4.69) is 13.8 Å². The molecule has 60 heavy (non-hydrogen) atoms. The number of carbonyl (C=O) groups is 4. The standard InChI is InChI=1S/4C13H18O2/c2*1-10(2)8-12(14)9-13(15)11-6-4-3-5-7-11;2*1-2-3-9-12(14)10-13(15)11-7-5-4-6-8-11/h2*3-7,10,12,14H,8-9H2,1-2H3;2*4-8,12,14H,2-3,9-10H2,1H3. The zero-order valence-corrected chi connectivity index (χ0v) is 36.9. The Morgan fingerprint density at radius 2 is 0.600 bits per heavy atom. The molecule has 4 aromatic rings.